The number of carbonyl (C=O) groups is 2. The van der Waals surface area contributed by atoms with Crippen LogP contribution in [0, 0.1) is 13.8 Å². The number of aryl methyl sites for hydroxylation is 2. The molecule has 1 aromatic carbocycles. The third-order valence-corrected chi connectivity index (χ3v) is 2.88. The minimum absolute atomic E-state index is 0.102. The van der Waals surface area contributed by atoms with Gasteiger partial charge < -0.3 is 15.4 Å². The van der Waals surface area contributed by atoms with E-state index in [1.807, 2.05) is 39.0 Å². The Labute approximate surface area is 119 Å². The predicted octanol–water partition coefficient (Wildman–Crippen LogP) is 1.32. The molecule has 0 fully saturated rings. The molecule has 0 aliphatic heterocycles. The molecule has 1 atom stereocenters. The van der Waals surface area contributed by atoms with Gasteiger partial charge in [0, 0.05) is 6.54 Å². The van der Waals surface area contributed by atoms with Crippen LogP contribution in [0.4, 0.5) is 0 Å². The first-order valence-electron chi connectivity index (χ1n) is 6.71. The Kier molecular flexibility index (Phi) is 6.03. The second-order valence-corrected chi connectivity index (χ2v) is 4.69. The highest BCUT2D eigenvalue weighted by atomic mass is 16.5. The number of hydrogen-bond donors (Lipinski definition) is 2. The molecule has 1 unspecified atom stereocenters. The van der Waals surface area contributed by atoms with E-state index in [2.05, 4.69) is 10.6 Å². The number of ether oxygens (including phenoxy) is 1. The zero-order valence-electron chi connectivity index (χ0n) is 12.4. The van der Waals surface area contributed by atoms with Gasteiger partial charge in [0.05, 0.1) is 0 Å². The summed E-state index contributed by atoms with van der Waals surface area (Å²) in [6, 6.07) is 5.23. The average molecular weight is 278 g/mol. The van der Waals surface area contributed by atoms with Crippen LogP contribution in [0.25, 0.3) is 0 Å². The topological polar surface area (TPSA) is 67.4 Å². The van der Waals surface area contributed by atoms with Crippen molar-refractivity contribution in [2.24, 2.45) is 0 Å². The van der Waals surface area contributed by atoms with E-state index in [1.165, 1.54) is 0 Å². The summed E-state index contributed by atoms with van der Waals surface area (Å²) < 4.78 is 5.53. The Balaban J connectivity index is 2.50. The largest absolute Gasteiger partial charge is 0.483 e. The maximum absolute atomic E-state index is 11.7. The number of hydrogen-bond acceptors (Lipinski definition) is 3. The normalized spacial score (nSPS) is 11.6. The van der Waals surface area contributed by atoms with E-state index in [0.717, 1.165) is 11.1 Å². The van der Waals surface area contributed by atoms with Crippen molar-refractivity contribution in [2.45, 2.75) is 33.7 Å². The lowest BCUT2D eigenvalue weighted by molar-refractivity contribution is -0.129. The highest BCUT2D eigenvalue weighted by Crippen LogP contribution is 2.21. The minimum atomic E-state index is -0.566. The van der Waals surface area contributed by atoms with Crippen LogP contribution in [0.15, 0.2) is 18.2 Å². The molecule has 0 aliphatic carbocycles. The molecular formula is C15H22N2O3. The van der Waals surface area contributed by atoms with Gasteiger partial charge in [-0.2, -0.15) is 0 Å². The van der Waals surface area contributed by atoms with Crippen LogP contribution in [0.1, 0.15) is 25.0 Å². The van der Waals surface area contributed by atoms with E-state index in [1.54, 1.807) is 6.92 Å². The van der Waals surface area contributed by atoms with Crippen molar-refractivity contribution in [1.82, 2.24) is 10.6 Å². The Hall–Kier alpha value is -2.04. The number of para-hydroxylation sites is 1. The van der Waals surface area contributed by atoms with Gasteiger partial charge in [-0.3, -0.25) is 9.59 Å². The molecule has 0 radical (unpaired) electrons. The Bertz CT molecular complexity index is 466. The highest BCUT2D eigenvalue weighted by molar-refractivity contribution is 5.87. The number of rotatable bonds is 6. The summed E-state index contributed by atoms with van der Waals surface area (Å²) in [5.41, 5.74) is 1.96. The van der Waals surface area contributed by atoms with E-state index in [0.29, 0.717) is 12.3 Å². The van der Waals surface area contributed by atoms with Gasteiger partial charge in [-0.05, 0) is 38.8 Å². The zero-order valence-corrected chi connectivity index (χ0v) is 12.4. The lowest BCUT2D eigenvalue weighted by atomic mass is 10.1. The van der Waals surface area contributed by atoms with Crippen LogP contribution in [-0.2, 0) is 9.59 Å². The third kappa shape index (κ3) is 4.57. The van der Waals surface area contributed by atoms with Gasteiger partial charge in [-0.1, -0.05) is 18.2 Å². The fourth-order valence-electron chi connectivity index (χ4n) is 1.84. The molecule has 5 heteroatoms. The number of nitrogens with one attached hydrogen (secondary N) is 2. The maximum atomic E-state index is 11.7. The van der Waals surface area contributed by atoms with E-state index in [4.69, 9.17) is 4.74 Å². The van der Waals surface area contributed by atoms with Crippen molar-refractivity contribution in [2.75, 3.05) is 13.2 Å². The van der Waals surface area contributed by atoms with Crippen LogP contribution in [-0.4, -0.2) is 31.0 Å². The van der Waals surface area contributed by atoms with Gasteiger partial charge in [0.2, 0.25) is 5.91 Å². The first kappa shape index (κ1) is 16.0. The van der Waals surface area contributed by atoms with Crippen LogP contribution >= 0.6 is 0 Å². The smallest absolute Gasteiger partial charge is 0.258 e. The monoisotopic (exact) mass is 278 g/mol. The fourth-order valence-corrected chi connectivity index (χ4v) is 1.84. The van der Waals surface area contributed by atoms with Crippen molar-refractivity contribution in [3.63, 3.8) is 0 Å². The van der Waals surface area contributed by atoms with Crippen molar-refractivity contribution in [3.8, 4) is 5.75 Å². The molecule has 20 heavy (non-hydrogen) atoms. The highest BCUT2D eigenvalue weighted by Gasteiger charge is 2.15. The summed E-state index contributed by atoms with van der Waals surface area (Å²) in [6.07, 6.45) is 0. The van der Waals surface area contributed by atoms with Crippen molar-refractivity contribution >= 4 is 11.8 Å². The minimum Gasteiger partial charge on any atom is -0.483 e. The van der Waals surface area contributed by atoms with Crippen LogP contribution in [0.5, 0.6) is 5.75 Å². The molecule has 2 amide bonds. The lowest BCUT2D eigenvalue weighted by Crippen LogP contribution is -2.46. The Morgan fingerprint density at radius 2 is 1.85 bits per heavy atom. The number of amides is 2. The Morgan fingerprint density at radius 3 is 2.40 bits per heavy atom. The molecule has 0 aliphatic rings. The van der Waals surface area contributed by atoms with Crippen LogP contribution < -0.4 is 15.4 Å². The van der Waals surface area contributed by atoms with Crippen molar-refractivity contribution in [3.05, 3.63) is 29.3 Å². The van der Waals surface area contributed by atoms with E-state index >= 15 is 0 Å². The van der Waals surface area contributed by atoms with Crippen LogP contribution in [0.3, 0.4) is 0 Å². The summed E-state index contributed by atoms with van der Waals surface area (Å²) in [7, 11) is 0. The molecule has 5 nitrogen and oxygen atoms in total. The molecule has 0 heterocycles. The first-order valence-corrected chi connectivity index (χ1v) is 6.71. The van der Waals surface area contributed by atoms with Gasteiger partial charge in [-0.15, -0.1) is 0 Å². The first-order chi connectivity index (χ1) is 9.45. The SMILES string of the molecule is CCNC(=O)C(C)NC(=O)COc1c(C)cccc1C. The second kappa shape index (κ2) is 7.53. The van der Waals surface area contributed by atoms with Gasteiger partial charge in [0.1, 0.15) is 11.8 Å². The van der Waals surface area contributed by atoms with E-state index in [9.17, 15) is 9.59 Å². The standard InChI is InChI=1S/C15H22N2O3/c1-5-16-15(19)12(4)17-13(18)9-20-14-10(2)7-6-8-11(14)3/h6-8,12H,5,9H2,1-4H3,(H,16,19)(H,17,18). The third-order valence-electron chi connectivity index (χ3n) is 2.88. The van der Waals surface area contributed by atoms with Gasteiger partial charge in [0.15, 0.2) is 6.61 Å². The molecule has 110 valence electrons. The molecule has 0 bridgehead atoms. The molecule has 1 rings (SSSR count). The number of likely N-dealkylation sites (N-methyl/N-ethyl adjacent to an activating group) is 1. The summed E-state index contributed by atoms with van der Waals surface area (Å²) in [5.74, 6) is 0.202. The van der Waals surface area contributed by atoms with E-state index in [-0.39, 0.29) is 18.4 Å². The summed E-state index contributed by atoms with van der Waals surface area (Å²) in [5, 5.41) is 5.25. The molecular weight excluding hydrogens is 256 g/mol. The summed E-state index contributed by atoms with van der Waals surface area (Å²) in [6.45, 7) is 7.76. The predicted molar refractivity (Wildman–Crippen MR) is 77.7 cm³/mol. The Morgan fingerprint density at radius 1 is 1.25 bits per heavy atom. The molecule has 2 N–H and O–H groups in total. The van der Waals surface area contributed by atoms with Crippen LogP contribution in [0.2, 0.25) is 0 Å². The zero-order chi connectivity index (χ0) is 15.1. The molecule has 0 spiro atoms. The number of benzene rings is 1. The van der Waals surface area contributed by atoms with Gasteiger partial charge >= 0.3 is 0 Å². The van der Waals surface area contributed by atoms with E-state index < -0.39 is 6.04 Å². The molecule has 0 saturated heterocycles. The second-order valence-electron chi connectivity index (χ2n) is 4.69. The molecule has 1 aromatic rings. The molecule has 0 aromatic heterocycles. The molecule has 0 saturated carbocycles. The van der Waals surface area contributed by atoms with Gasteiger partial charge in [-0.25, -0.2) is 0 Å². The maximum Gasteiger partial charge on any atom is 0.258 e. The average Bonchev–Trinajstić information content (AvgIpc) is 2.38. The quantitative estimate of drug-likeness (QED) is 0.824. The van der Waals surface area contributed by atoms with Gasteiger partial charge in [0.25, 0.3) is 5.91 Å². The van der Waals surface area contributed by atoms with Crippen molar-refractivity contribution < 1.29 is 14.3 Å². The fraction of sp³-hybridized carbons (Fsp3) is 0.467. The van der Waals surface area contributed by atoms with Crippen molar-refractivity contribution in [1.29, 1.82) is 0 Å². The number of carbonyl (C=O) groups excluding carboxylic acids is 2. The summed E-state index contributed by atoms with van der Waals surface area (Å²) >= 11 is 0. The lowest BCUT2D eigenvalue weighted by Gasteiger charge is -2.15. The summed E-state index contributed by atoms with van der Waals surface area (Å²) in [4.78, 5) is 23.2.